The van der Waals surface area contributed by atoms with Gasteiger partial charge < -0.3 is 14.6 Å². The van der Waals surface area contributed by atoms with Crippen molar-refractivity contribution in [2.24, 2.45) is 7.05 Å². The van der Waals surface area contributed by atoms with E-state index >= 15 is 0 Å². The number of nitrogens with one attached hydrogen (secondary N) is 1. The second kappa shape index (κ2) is 9.75. The summed E-state index contributed by atoms with van der Waals surface area (Å²) in [6, 6.07) is 17.8. The van der Waals surface area contributed by atoms with Gasteiger partial charge in [-0.05, 0) is 30.5 Å². The topological polar surface area (TPSA) is 69.0 Å². The van der Waals surface area contributed by atoms with E-state index in [-0.39, 0.29) is 17.9 Å². The van der Waals surface area contributed by atoms with Gasteiger partial charge in [0.15, 0.2) is 11.0 Å². The Morgan fingerprint density at radius 3 is 2.61 bits per heavy atom. The second-order valence-corrected chi connectivity index (χ2v) is 9.09. The summed E-state index contributed by atoms with van der Waals surface area (Å²) in [5.41, 5.74) is 1.39. The van der Waals surface area contributed by atoms with Gasteiger partial charge in [-0.2, -0.15) is 0 Å². The smallest absolute Gasteiger partial charge is 0.230 e. The lowest BCUT2D eigenvalue weighted by Gasteiger charge is -2.42. The van der Waals surface area contributed by atoms with Crippen LogP contribution in [0.1, 0.15) is 30.7 Å². The summed E-state index contributed by atoms with van der Waals surface area (Å²) in [5, 5.41) is 12.7. The molecule has 1 heterocycles. The monoisotopic (exact) mass is 456 g/mol. The third kappa shape index (κ3) is 5.05. The molecule has 0 radical (unpaired) electrons. The Morgan fingerprint density at radius 1 is 1.16 bits per heavy atom. The number of amides is 1. The third-order valence-corrected chi connectivity index (χ3v) is 7.10. The molecule has 162 valence electrons. The molecule has 0 aliphatic heterocycles. The molecule has 1 fully saturated rings. The Labute approximate surface area is 191 Å². The average Bonchev–Trinajstić information content (AvgIpc) is 3.11. The van der Waals surface area contributed by atoms with Crippen molar-refractivity contribution in [3.8, 4) is 5.75 Å². The lowest BCUT2D eigenvalue weighted by atomic mass is 9.64. The molecular weight excluding hydrogens is 432 g/mol. The molecule has 0 bridgehead atoms. The van der Waals surface area contributed by atoms with Crippen molar-refractivity contribution in [1.29, 1.82) is 0 Å². The van der Waals surface area contributed by atoms with E-state index in [1.165, 1.54) is 23.7 Å². The SMILES string of the molecule is Cn1c(COc2ccccc2Cl)nnc1SCC(=O)NCC1(c2ccccc2)CCC1. The van der Waals surface area contributed by atoms with Gasteiger partial charge in [0, 0.05) is 19.0 Å². The lowest BCUT2D eigenvalue weighted by molar-refractivity contribution is -0.119. The average molecular weight is 457 g/mol. The highest BCUT2D eigenvalue weighted by Crippen LogP contribution is 2.43. The zero-order valence-electron chi connectivity index (χ0n) is 17.4. The summed E-state index contributed by atoms with van der Waals surface area (Å²) in [6.45, 7) is 0.922. The van der Waals surface area contributed by atoms with Gasteiger partial charge in [0.1, 0.15) is 12.4 Å². The maximum atomic E-state index is 12.5. The first-order valence-electron chi connectivity index (χ1n) is 10.3. The molecule has 1 aromatic heterocycles. The number of halogens is 1. The van der Waals surface area contributed by atoms with Gasteiger partial charge >= 0.3 is 0 Å². The Bertz CT molecular complexity index is 1040. The van der Waals surface area contributed by atoms with E-state index in [0.717, 1.165) is 12.8 Å². The van der Waals surface area contributed by atoms with Crippen LogP contribution in [0.4, 0.5) is 0 Å². The van der Waals surface area contributed by atoms with Crippen LogP contribution < -0.4 is 10.1 Å². The van der Waals surface area contributed by atoms with Crippen LogP contribution in [0.5, 0.6) is 5.75 Å². The molecule has 6 nitrogen and oxygen atoms in total. The summed E-state index contributed by atoms with van der Waals surface area (Å²) < 4.78 is 7.58. The maximum absolute atomic E-state index is 12.5. The fraction of sp³-hybridized carbons (Fsp3) is 0.348. The highest BCUT2D eigenvalue weighted by Gasteiger charge is 2.38. The number of benzene rings is 2. The van der Waals surface area contributed by atoms with Gasteiger partial charge in [-0.1, -0.05) is 72.2 Å². The predicted molar refractivity (Wildman–Crippen MR) is 122 cm³/mol. The Kier molecular flexibility index (Phi) is 6.83. The van der Waals surface area contributed by atoms with Crippen molar-refractivity contribution in [3.63, 3.8) is 0 Å². The highest BCUT2D eigenvalue weighted by molar-refractivity contribution is 7.99. The standard InChI is InChI=1S/C23H25ClN4O2S/c1-28-20(14-30-19-11-6-5-10-18(19)24)26-27-22(28)31-15-21(29)25-16-23(12-7-13-23)17-8-3-2-4-9-17/h2-6,8-11H,7,12-16H2,1H3,(H,25,29). The van der Waals surface area contributed by atoms with E-state index in [4.69, 9.17) is 16.3 Å². The zero-order valence-corrected chi connectivity index (χ0v) is 19.0. The first kappa shape index (κ1) is 21.7. The van der Waals surface area contributed by atoms with Crippen LogP contribution in [-0.4, -0.2) is 33.0 Å². The number of nitrogens with zero attached hydrogens (tertiary/aromatic N) is 3. The Hall–Kier alpha value is -2.51. The third-order valence-electron chi connectivity index (χ3n) is 5.77. The summed E-state index contributed by atoms with van der Waals surface area (Å²) in [7, 11) is 1.87. The van der Waals surface area contributed by atoms with Crippen molar-refractivity contribution in [2.75, 3.05) is 12.3 Å². The summed E-state index contributed by atoms with van der Waals surface area (Å²) in [5.74, 6) is 1.57. The molecule has 8 heteroatoms. The van der Waals surface area contributed by atoms with Crippen LogP contribution in [0, 0.1) is 0 Å². The maximum Gasteiger partial charge on any atom is 0.230 e. The number of para-hydroxylation sites is 1. The van der Waals surface area contributed by atoms with Crippen LogP contribution in [0.3, 0.4) is 0 Å². The molecule has 4 rings (SSSR count). The number of carbonyl (C=O) groups is 1. The van der Waals surface area contributed by atoms with Gasteiger partial charge in [-0.25, -0.2) is 0 Å². The van der Waals surface area contributed by atoms with Gasteiger partial charge in [0.25, 0.3) is 0 Å². The lowest BCUT2D eigenvalue weighted by Crippen LogP contribution is -2.46. The Balaban J connectivity index is 1.27. The molecule has 1 aliphatic rings. The minimum absolute atomic E-state index is 0.00377. The van der Waals surface area contributed by atoms with Crippen LogP contribution in [0.15, 0.2) is 59.8 Å². The van der Waals surface area contributed by atoms with Gasteiger partial charge in [0.2, 0.25) is 5.91 Å². The molecule has 0 unspecified atom stereocenters. The number of thioether (sulfide) groups is 1. The number of ether oxygens (including phenoxy) is 1. The normalized spacial score (nSPS) is 14.6. The summed E-state index contributed by atoms with van der Waals surface area (Å²) >= 11 is 7.49. The predicted octanol–water partition coefficient (Wildman–Crippen LogP) is 4.38. The van der Waals surface area contributed by atoms with Crippen LogP contribution >= 0.6 is 23.4 Å². The van der Waals surface area contributed by atoms with Crippen LogP contribution in [0.2, 0.25) is 5.02 Å². The Morgan fingerprint density at radius 2 is 1.90 bits per heavy atom. The van der Waals surface area contributed by atoms with E-state index in [9.17, 15) is 4.79 Å². The van der Waals surface area contributed by atoms with E-state index in [2.05, 4.69) is 39.8 Å². The molecule has 0 saturated heterocycles. The molecule has 31 heavy (non-hydrogen) atoms. The van der Waals surface area contributed by atoms with Crippen molar-refractivity contribution >= 4 is 29.3 Å². The number of rotatable bonds is 9. The molecule has 1 saturated carbocycles. The number of carbonyl (C=O) groups excluding carboxylic acids is 1. The second-order valence-electron chi connectivity index (χ2n) is 7.74. The van der Waals surface area contributed by atoms with E-state index in [1.807, 2.05) is 35.9 Å². The minimum atomic E-state index is 0.00377. The number of aromatic nitrogens is 3. The van der Waals surface area contributed by atoms with Crippen molar-refractivity contribution in [2.45, 2.75) is 36.4 Å². The molecule has 0 spiro atoms. The summed E-state index contributed by atoms with van der Waals surface area (Å²) in [4.78, 5) is 12.5. The zero-order chi connectivity index (χ0) is 21.7. The highest BCUT2D eigenvalue weighted by atomic mass is 35.5. The van der Waals surface area contributed by atoms with Crippen molar-refractivity contribution < 1.29 is 9.53 Å². The van der Waals surface area contributed by atoms with E-state index < -0.39 is 0 Å². The molecular formula is C23H25ClN4O2S. The minimum Gasteiger partial charge on any atom is -0.484 e. The summed E-state index contributed by atoms with van der Waals surface area (Å²) in [6.07, 6.45) is 3.43. The number of hydrogen-bond donors (Lipinski definition) is 1. The molecule has 1 amide bonds. The molecule has 3 aromatic rings. The molecule has 0 atom stereocenters. The van der Waals surface area contributed by atoms with Gasteiger partial charge in [-0.15, -0.1) is 10.2 Å². The first-order valence-corrected chi connectivity index (χ1v) is 11.6. The van der Waals surface area contributed by atoms with Gasteiger partial charge in [-0.3, -0.25) is 4.79 Å². The van der Waals surface area contributed by atoms with Crippen LogP contribution in [-0.2, 0) is 23.9 Å². The van der Waals surface area contributed by atoms with Crippen molar-refractivity contribution in [1.82, 2.24) is 20.1 Å². The van der Waals surface area contributed by atoms with E-state index in [1.54, 1.807) is 6.07 Å². The fourth-order valence-electron chi connectivity index (χ4n) is 3.71. The quantitative estimate of drug-likeness (QED) is 0.484. The fourth-order valence-corrected chi connectivity index (χ4v) is 4.66. The van der Waals surface area contributed by atoms with E-state index in [0.29, 0.717) is 34.1 Å². The molecule has 2 aromatic carbocycles. The first-order chi connectivity index (χ1) is 15.1. The van der Waals surface area contributed by atoms with Crippen molar-refractivity contribution in [3.05, 3.63) is 71.0 Å². The van der Waals surface area contributed by atoms with Gasteiger partial charge in [0.05, 0.1) is 10.8 Å². The largest absolute Gasteiger partial charge is 0.484 e. The molecule has 1 N–H and O–H groups in total. The number of hydrogen-bond acceptors (Lipinski definition) is 5. The molecule has 1 aliphatic carbocycles. The van der Waals surface area contributed by atoms with Crippen LogP contribution in [0.25, 0.3) is 0 Å².